The molecule has 4 rings (SSSR count). The van der Waals surface area contributed by atoms with Crippen LogP contribution in [0.1, 0.15) is 48.8 Å². The molecule has 2 heterocycles. The van der Waals surface area contributed by atoms with Gasteiger partial charge in [-0.15, -0.1) is 10.2 Å². The number of hydrogen-bond acceptors (Lipinski definition) is 3. The maximum absolute atomic E-state index is 13.3. The minimum atomic E-state index is -0.240. The Hall–Kier alpha value is -2.24. The molecule has 5 nitrogen and oxygen atoms in total. The van der Waals surface area contributed by atoms with E-state index in [9.17, 15) is 9.18 Å². The summed E-state index contributed by atoms with van der Waals surface area (Å²) in [6.45, 7) is 1.55. The van der Waals surface area contributed by atoms with Crippen LogP contribution in [-0.2, 0) is 24.2 Å². The number of fused-ring (bicyclic) bond motifs is 1. The first-order valence-electron chi connectivity index (χ1n) is 9.16. The van der Waals surface area contributed by atoms with E-state index in [2.05, 4.69) is 20.1 Å². The van der Waals surface area contributed by atoms with Crippen LogP contribution in [-0.4, -0.2) is 27.2 Å². The lowest BCUT2D eigenvalue weighted by molar-refractivity contribution is -0.122. The Bertz CT molecular complexity index is 773. The van der Waals surface area contributed by atoms with Crippen molar-refractivity contribution in [3.05, 3.63) is 47.3 Å². The van der Waals surface area contributed by atoms with E-state index in [0.29, 0.717) is 13.0 Å². The van der Waals surface area contributed by atoms with Crippen LogP contribution >= 0.6 is 0 Å². The molecule has 1 aromatic heterocycles. The topological polar surface area (TPSA) is 59.8 Å². The molecule has 1 saturated carbocycles. The third-order valence-corrected chi connectivity index (χ3v) is 5.24. The molecule has 132 valence electrons. The van der Waals surface area contributed by atoms with Gasteiger partial charge in [-0.05, 0) is 42.9 Å². The van der Waals surface area contributed by atoms with E-state index in [1.807, 2.05) is 6.07 Å². The number of halogens is 1. The first kappa shape index (κ1) is 16.2. The molecule has 2 aliphatic rings. The summed E-state index contributed by atoms with van der Waals surface area (Å²) in [4.78, 5) is 12.3. The summed E-state index contributed by atoms with van der Waals surface area (Å²) in [5, 5.41) is 11.6. The van der Waals surface area contributed by atoms with Gasteiger partial charge in [-0.1, -0.05) is 18.6 Å². The zero-order valence-corrected chi connectivity index (χ0v) is 14.2. The number of carbonyl (C=O) groups is 1. The van der Waals surface area contributed by atoms with E-state index in [1.54, 1.807) is 6.07 Å². The molecule has 1 fully saturated rings. The molecule has 1 amide bonds. The fourth-order valence-electron chi connectivity index (χ4n) is 3.75. The second-order valence-electron chi connectivity index (χ2n) is 7.04. The van der Waals surface area contributed by atoms with Gasteiger partial charge in [0, 0.05) is 31.8 Å². The molecule has 2 atom stereocenters. The largest absolute Gasteiger partial charge is 0.355 e. The van der Waals surface area contributed by atoms with Crippen LogP contribution in [0.25, 0.3) is 0 Å². The van der Waals surface area contributed by atoms with E-state index < -0.39 is 0 Å². The highest BCUT2D eigenvalue weighted by molar-refractivity contribution is 5.82. The van der Waals surface area contributed by atoms with Crippen molar-refractivity contribution in [1.29, 1.82) is 0 Å². The fourth-order valence-corrected chi connectivity index (χ4v) is 3.75. The summed E-state index contributed by atoms with van der Waals surface area (Å²) in [7, 11) is 0. The van der Waals surface area contributed by atoms with Crippen molar-refractivity contribution >= 4 is 5.91 Å². The van der Waals surface area contributed by atoms with Crippen molar-refractivity contribution in [3.8, 4) is 0 Å². The summed E-state index contributed by atoms with van der Waals surface area (Å²) >= 11 is 0. The normalized spacial score (nSPS) is 22.1. The summed E-state index contributed by atoms with van der Waals surface area (Å²) in [5.74, 6) is 1.99. The Labute approximate surface area is 146 Å². The van der Waals surface area contributed by atoms with E-state index >= 15 is 0 Å². The predicted molar refractivity (Wildman–Crippen MR) is 91.5 cm³/mol. The van der Waals surface area contributed by atoms with Gasteiger partial charge in [-0.3, -0.25) is 4.79 Å². The highest BCUT2D eigenvalue weighted by Gasteiger charge is 2.43. The Morgan fingerprint density at radius 3 is 3.08 bits per heavy atom. The number of nitrogens with zero attached hydrogens (tertiary/aromatic N) is 3. The zero-order valence-electron chi connectivity index (χ0n) is 14.2. The number of benzene rings is 1. The van der Waals surface area contributed by atoms with Gasteiger partial charge in [-0.25, -0.2) is 4.39 Å². The lowest BCUT2D eigenvalue weighted by Gasteiger charge is -2.08. The third kappa shape index (κ3) is 3.57. The first-order chi connectivity index (χ1) is 12.2. The van der Waals surface area contributed by atoms with Crippen molar-refractivity contribution < 1.29 is 9.18 Å². The van der Waals surface area contributed by atoms with Crippen molar-refractivity contribution in [1.82, 2.24) is 20.1 Å². The van der Waals surface area contributed by atoms with Crippen LogP contribution in [0, 0.1) is 11.7 Å². The molecule has 0 radical (unpaired) electrons. The molecule has 0 unspecified atom stereocenters. The second kappa shape index (κ2) is 6.94. The second-order valence-corrected chi connectivity index (χ2v) is 7.04. The van der Waals surface area contributed by atoms with Crippen LogP contribution in [0.15, 0.2) is 24.3 Å². The molecule has 2 aromatic rings. The number of aryl methyl sites for hydroxylation is 1. The van der Waals surface area contributed by atoms with Gasteiger partial charge in [0.25, 0.3) is 0 Å². The smallest absolute Gasteiger partial charge is 0.223 e. The Morgan fingerprint density at radius 2 is 2.20 bits per heavy atom. The van der Waals surface area contributed by atoms with Crippen LogP contribution in [0.2, 0.25) is 0 Å². The number of aromatic nitrogens is 3. The SMILES string of the molecule is O=C(NCCc1nnc2n1CCCCC2)[C@H]1C[C@@H]1c1cccc(F)c1. The van der Waals surface area contributed by atoms with Crippen LogP contribution < -0.4 is 5.32 Å². The average Bonchev–Trinajstić information content (AvgIpc) is 3.37. The molecule has 25 heavy (non-hydrogen) atoms. The highest BCUT2D eigenvalue weighted by atomic mass is 19.1. The maximum atomic E-state index is 13.3. The minimum absolute atomic E-state index is 0.0303. The molecular formula is C19H23FN4O. The lowest BCUT2D eigenvalue weighted by atomic mass is 10.1. The van der Waals surface area contributed by atoms with Gasteiger partial charge in [0.2, 0.25) is 5.91 Å². The Kier molecular flexibility index (Phi) is 4.51. The van der Waals surface area contributed by atoms with Crippen molar-refractivity contribution in [2.75, 3.05) is 6.54 Å². The molecule has 1 N–H and O–H groups in total. The van der Waals surface area contributed by atoms with E-state index in [4.69, 9.17) is 0 Å². The highest BCUT2D eigenvalue weighted by Crippen LogP contribution is 2.47. The Morgan fingerprint density at radius 1 is 1.28 bits per heavy atom. The lowest BCUT2D eigenvalue weighted by Crippen LogP contribution is -2.28. The molecule has 1 aliphatic heterocycles. The van der Waals surface area contributed by atoms with Gasteiger partial charge in [0.15, 0.2) is 0 Å². The van der Waals surface area contributed by atoms with Gasteiger partial charge in [0.1, 0.15) is 17.5 Å². The molecular weight excluding hydrogens is 319 g/mol. The average molecular weight is 342 g/mol. The molecule has 0 saturated heterocycles. The minimum Gasteiger partial charge on any atom is -0.355 e. The number of carbonyl (C=O) groups excluding carboxylic acids is 1. The van der Waals surface area contributed by atoms with Gasteiger partial charge >= 0.3 is 0 Å². The van der Waals surface area contributed by atoms with Crippen LogP contribution in [0.4, 0.5) is 4.39 Å². The fraction of sp³-hybridized carbons (Fsp3) is 0.526. The molecule has 1 aromatic carbocycles. The number of rotatable bonds is 5. The number of amides is 1. The Balaban J connectivity index is 1.28. The molecule has 6 heteroatoms. The van der Waals surface area contributed by atoms with Gasteiger partial charge < -0.3 is 9.88 Å². The maximum Gasteiger partial charge on any atom is 0.223 e. The summed E-state index contributed by atoms with van der Waals surface area (Å²) < 4.78 is 15.5. The standard InChI is InChI=1S/C19H23FN4O/c20-14-6-4-5-13(11-14)15-12-16(15)19(25)21-9-8-18-23-22-17-7-2-1-3-10-24(17)18/h4-6,11,15-16H,1-3,7-10,12H2,(H,21,25)/t15-,16+/m1/s1. The van der Waals surface area contributed by atoms with E-state index in [1.165, 1.54) is 31.4 Å². The van der Waals surface area contributed by atoms with E-state index in [0.717, 1.165) is 36.6 Å². The van der Waals surface area contributed by atoms with Crippen molar-refractivity contribution in [2.24, 2.45) is 5.92 Å². The summed E-state index contributed by atoms with van der Waals surface area (Å²) in [6.07, 6.45) is 6.09. The number of hydrogen-bond donors (Lipinski definition) is 1. The van der Waals surface area contributed by atoms with Crippen LogP contribution in [0.5, 0.6) is 0 Å². The van der Waals surface area contributed by atoms with Gasteiger partial charge in [0.05, 0.1) is 0 Å². The zero-order chi connectivity index (χ0) is 17.2. The predicted octanol–water partition coefficient (Wildman–Crippen LogP) is 2.61. The quantitative estimate of drug-likeness (QED) is 0.909. The molecule has 0 bridgehead atoms. The molecule has 1 aliphatic carbocycles. The van der Waals surface area contributed by atoms with Crippen molar-refractivity contribution in [2.45, 2.75) is 51.0 Å². The number of nitrogens with one attached hydrogen (secondary N) is 1. The van der Waals surface area contributed by atoms with E-state index in [-0.39, 0.29) is 23.6 Å². The molecule has 0 spiro atoms. The van der Waals surface area contributed by atoms with Crippen LogP contribution in [0.3, 0.4) is 0 Å². The summed E-state index contributed by atoms with van der Waals surface area (Å²) in [6, 6.07) is 6.56. The van der Waals surface area contributed by atoms with Gasteiger partial charge in [-0.2, -0.15) is 0 Å². The van der Waals surface area contributed by atoms with Crippen molar-refractivity contribution in [3.63, 3.8) is 0 Å². The summed E-state index contributed by atoms with van der Waals surface area (Å²) in [5.41, 5.74) is 0.919. The third-order valence-electron chi connectivity index (χ3n) is 5.24. The first-order valence-corrected chi connectivity index (χ1v) is 9.16. The monoisotopic (exact) mass is 342 g/mol.